The molecule has 6 heteroatoms. The Kier molecular flexibility index (Phi) is 6.91. The fourth-order valence-electron chi connectivity index (χ4n) is 2.65. The summed E-state index contributed by atoms with van der Waals surface area (Å²) in [5, 5.41) is 0. The molecule has 0 radical (unpaired) electrons. The quantitative estimate of drug-likeness (QED) is 0.436. The van der Waals surface area contributed by atoms with Crippen LogP contribution in [0.15, 0.2) is 53.4 Å². The smallest absolute Gasteiger partial charge is 0.296 e. The highest BCUT2D eigenvalue weighted by atomic mass is 32.2. The van der Waals surface area contributed by atoms with Gasteiger partial charge in [0.25, 0.3) is 10.1 Å². The van der Waals surface area contributed by atoms with Crippen LogP contribution in [-0.2, 0) is 14.3 Å². The van der Waals surface area contributed by atoms with Gasteiger partial charge in [0.15, 0.2) is 5.78 Å². The molecule has 0 bridgehead atoms. The third-order valence-electron chi connectivity index (χ3n) is 4.44. The van der Waals surface area contributed by atoms with Gasteiger partial charge in [-0.15, -0.1) is 0 Å². The molecule has 0 saturated heterocycles. The number of rotatable bonds is 8. The normalized spacial score (nSPS) is 12.6. The lowest BCUT2D eigenvalue weighted by molar-refractivity contribution is 0.0821. The van der Waals surface area contributed by atoms with Gasteiger partial charge >= 0.3 is 0 Å². The minimum absolute atomic E-state index is 0.00377. The molecule has 0 spiro atoms. The molecule has 0 N–H and O–H groups in total. The third kappa shape index (κ3) is 6.68. The number of aryl methyl sites for hydroxylation is 1. The second-order valence-electron chi connectivity index (χ2n) is 8.80. The van der Waals surface area contributed by atoms with E-state index in [0.29, 0.717) is 17.7 Å². The van der Waals surface area contributed by atoms with Crippen LogP contribution in [0.4, 0.5) is 0 Å². The number of carbonyl (C=O) groups is 1. The van der Waals surface area contributed by atoms with Crippen molar-refractivity contribution >= 4 is 15.9 Å². The molecule has 29 heavy (non-hydrogen) atoms. The van der Waals surface area contributed by atoms with Crippen molar-refractivity contribution < 1.29 is 22.1 Å². The highest BCUT2D eigenvalue weighted by molar-refractivity contribution is 7.86. The van der Waals surface area contributed by atoms with E-state index in [1.54, 1.807) is 36.4 Å². The van der Waals surface area contributed by atoms with Crippen LogP contribution in [0.2, 0.25) is 0 Å². The van der Waals surface area contributed by atoms with Crippen LogP contribution >= 0.6 is 0 Å². The molecule has 2 aromatic rings. The number of hydrogen-bond donors (Lipinski definition) is 0. The summed E-state index contributed by atoms with van der Waals surface area (Å²) in [4.78, 5) is 12.5. The Balaban J connectivity index is 1.94. The lowest BCUT2D eigenvalue weighted by Crippen LogP contribution is -2.30. The Hall–Kier alpha value is -2.18. The maximum atomic E-state index is 12.3. The summed E-state index contributed by atoms with van der Waals surface area (Å²) in [5.74, 6) is 0.680. The lowest BCUT2D eigenvalue weighted by atomic mass is 9.86. The topological polar surface area (TPSA) is 69.7 Å². The number of ketones is 1. The first-order chi connectivity index (χ1) is 13.3. The maximum absolute atomic E-state index is 12.3. The van der Waals surface area contributed by atoms with Gasteiger partial charge in [-0.1, -0.05) is 38.5 Å². The van der Waals surface area contributed by atoms with Gasteiger partial charge in [0, 0.05) is 17.4 Å². The van der Waals surface area contributed by atoms with Crippen LogP contribution in [0.5, 0.6) is 5.75 Å². The van der Waals surface area contributed by atoms with E-state index in [4.69, 9.17) is 8.92 Å². The Morgan fingerprint density at radius 1 is 0.897 bits per heavy atom. The fraction of sp³-hybridized carbons (Fsp3) is 0.435. The van der Waals surface area contributed by atoms with Crippen molar-refractivity contribution in [1.82, 2.24) is 0 Å². The number of Topliss-reactive ketones (excluding diaryl/α,β-unsaturated/α-hetero) is 1. The molecule has 0 fully saturated rings. The highest BCUT2D eigenvalue weighted by Crippen LogP contribution is 2.25. The van der Waals surface area contributed by atoms with Gasteiger partial charge in [0.2, 0.25) is 0 Å². The third-order valence-corrected chi connectivity index (χ3v) is 5.77. The van der Waals surface area contributed by atoms with Crippen LogP contribution in [0.1, 0.15) is 57.0 Å². The minimum Gasteiger partial charge on any atom is -0.488 e. The predicted molar refractivity (Wildman–Crippen MR) is 114 cm³/mol. The molecule has 0 aliphatic heterocycles. The van der Waals surface area contributed by atoms with Crippen molar-refractivity contribution in [2.45, 2.75) is 58.5 Å². The average molecular weight is 419 g/mol. The van der Waals surface area contributed by atoms with Crippen LogP contribution < -0.4 is 4.74 Å². The van der Waals surface area contributed by atoms with Crippen LogP contribution in [-0.4, -0.2) is 26.4 Å². The van der Waals surface area contributed by atoms with Gasteiger partial charge in [0.1, 0.15) is 11.4 Å². The van der Waals surface area contributed by atoms with E-state index in [-0.39, 0.29) is 17.3 Å². The summed E-state index contributed by atoms with van der Waals surface area (Å²) in [6.07, 6.45) is 0.376. The van der Waals surface area contributed by atoms with Gasteiger partial charge in [-0.05, 0) is 57.2 Å². The number of ether oxygens (including phenoxy) is 1. The van der Waals surface area contributed by atoms with E-state index < -0.39 is 21.1 Å². The van der Waals surface area contributed by atoms with E-state index in [0.717, 1.165) is 5.56 Å². The summed E-state index contributed by atoms with van der Waals surface area (Å²) < 4.78 is 35.7. The maximum Gasteiger partial charge on any atom is 0.296 e. The predicted octanol–water partition coefficient (Wildman–Crippen LogP) is 5.18. The molecule has 0 amide bonds. The second-order valence-corrected chi connectivity index (χ2v) is 10.4. The first kappa shape index (κ1) is 23.1. The molecule has 158 valence electrons. The Labute approximate surface area is 174 Å². The summed E-state index contributed by atoms with van der Waals surface area (Å²) in [5.41, 5.74) is 0.532. The zero-order chi connectivity index (χ0) is 21.9. The van der Waals surface area contributed by atoms with E-state index >= 15 is 0 Å². The zero-order valence-electron chi connectivity index (χ0n) is 18.0. The van der Waals surface area contributed by atoms with Crippen molar-refractivity contribution in [3.05, 3.63) is 59.7 Å². The summed E-state index contributed by atoms with van der Waals surface area (Å²) in [6.45, 7) is 11.3. The van der Waals surface area contributed by atoms with Crippen molar-refractivity contribution in [2.24, 2.45) is 5.41 Å². The Morgan fingerprint density at radius 2 is 1.45 bits per heavy atom. The van der Waals surface area contributed by atoms with Gasteiger partial charge in [-0.25, -0.2) is 0 Å². The molecule has 0 heterocycles. The molecule has 2 aromatic carbocycles. The molecule has 0 unspecified atom stereocenters. The Morgan fingerprint density at radius 3 is 1.97 bits per heavy atom. The van der Waals surface area contributed by atoms with Gasteiger partial charge in [0.05, 0.1) is 11.5 Å². The van der Waals surface area contributed by atoms with E-state index in [9.17, 15) is 13.2 Å². The molecular formula is C23H30O5S. The Bertz CT molecular complexity index is 934. The molecular weight excluding hydrogens is 388 g/mol. The summed E-state index contributed by atoms with van der Waals surface area (Å²) in [7, 11) is -3.79. The van der Waals surface area contributed by atoms with E-state index in [1.165, 1.54) is 12.1 Å². The number of hydrogen-bond acceptors (Lipinski definition) is 5. The van der Waals surface area contributed by atoms with Gasteiger partial charge in [-0.3, -0.25) is 8.98 Å². The standard InChI is InChI=1S/C23H30O5S/c1-17-7-13-20(14-8-17)29(25,26)27-16-15-23(5,6)28-19-11-9-18(10-12-19)21(24)22(2,3)4/h7-14H,15-16H2,1-6H3. The lowest BCUT2D eigenvalue weighted by Gasteiger charge is -2.26. The zero-order valence-corrected chi connectivity index (χ0v) is 18.8. The molecule has 0 saturated carbocycles. The first-order valence-electron chi connectivity index (χ1n) is 9.60. The van der Waals surface area contributed by atoms with Gasteiger partial charge in [-0.2, -0.15) is 8.42 Å². The number of carbonyl (C=O) groups excluding carboxylic acids is 1. The van der Waals surface area contributed by atoms with Crippen molar-refractivity contribution in [3.8, 4) is 5.75 Å². The fourth-order valence-corrected chi connectivity index (χ4v) is 3.56. The van der Waals surface area contributed by atoms with Crippen molar-refractivity contribution in [2.75, 3.05) is 6.61 Å². The SMILES string of the molecule is Cc1ccc(S(=O)(=O)OCCC(C)(C)Oc2ccc(C(=O)C(C)(C)C)cc2)cc1. The van der Waals surface area contributed by atoms with E-state index in [2.05, 4.69) is 0 Å². The minimum atomic E-state index is -3.79. The highest BCUT2D eigenvalue weighted by Gasteiger charge is 2.25. The molecule has 0 atom stereocenters. The second kappa shape index (κ2) is 8.67. The van der Waals surface area contributed by atoms with Crippen molar-refractivity contribution in [1.29, 1.82) is 0 Å². The molecule has 0 aromatic heterocycles. The van der Waals surface area contributed by atoms with Crippen LogP contribution in [0, 0.1) is 12.3 Å². The van der Waals surface area contributed by atoms with Crippen LogP contribution in [0.3, 0.4) is 0 Å². The first-order valence-corrected chi connectivity index (χ1v) is 11.0. The molecule has 0 aliphatic carbocycles. The molecule has 5 nitrogen and oxygen atoms in total. The average Bonchev–Trinajstić information content (AvgIpc) is 2.60. The van der Waals surface area contributed by atoms with Crippen molar-refractivity contribution in [3.63, 3.8) is 0 Å². The van der Waals surface area contributed by atoms with Crippen LogP contribution in [0.25, 0.3) is 0 Å². The summed E-state index contributed by atoms with van der Waals surface area (Å²) in [6, 6.07) is 13.5. The number of benzene rings is 2. The molecule has 0 aliphatic rings. The molecule has 2 rings (SSSR count). The largest absolute Gasteiger partial charge is 0.488 e. The monoisotopic (exact) mass is 418 g/mol. The summed E-state index contributed by atoms with van der Waals surface area (Å²) >= 11 is 0. The van der Waals surface area contributed by atoms with E-state index in [1.807, 2.05) is 41.5 Å². The van der Waals surface area contributed by atoms with Gasteiger partial charge < -0.3 is 4.74 Å².